The molecule has 2 amide bonds. The highest BCUT2D eigenvalue weighted by molar-refractivity contribution is 6.30. The van der Waals surface area contributed by atoms with E-state index in [4.69, 9.17) is 11.6 Å². The number of carbonyl (C=O) groups is 2. The molecule has 190 valence electrons. The lowest BCUT2D eigenvalue weighted by atomic mass is 10.0. The number of benzene rings is 1. The average molecular weight is 492 g/mol. The number of hydrogen-bond acceptors (Lipinski definition) is 5. The van der Waals surface area contributed by atoms with Crippen LogP contribution in [0.1, 0.15) is 64.5 Å². The number of unbranched alkanes of at least 4 members (excludes halogenated alkanes) is 2. The van der Waals surface area contributed by atoms with Gasteiger partial charge in [0.1, 0.15) is 5.70 Å². The van der Waals surface area contributed by atoms with Crippen molar-refractivity contribution in [1.82, 2.24) is 25.6 Å². The molecular formula is C26H42ClN5O2. The van der Waals surface area contributed by atoms with E-state index in [-0.39, 0.29) is 30.4 Å². The number of halogens is 1. The third-order valence-corrected chi connectivity index (χ3v) is 6.23. The van der Waals surface area contributed by atoms with Gasteiger partial charge in [-0.1, -0.05) is 63.8 Å². The summed E-state index contributed by atoms with van der Waals surface area (Å²) in [6, 6.07) is 7.74. The van der Waals surface area contributed by atoms with Crippen LogP contribution in [0.3, 0.4) is 0 Å². The SMILES string of the molecule is CC.CCCCCC1CN(CC(=O)NCCCN(C)C)C(=O)C2=CC(c3ccc(Cl)cc3)NN21. The predicted octanol–water partition coefficient (Wildman–Crippen LogP) is 3.97. The zero-order chi connectivity index (χ0) is 25.1. The van der Waals surface area contributed by atoms with Crippen LogP contribution in [0.2, 0.25) is 5.02 Å². The lowest BCUT2D eigenvalue weighted by Crippen LogP contribution is -2.58. The van der Waals surface area contributed by atoms with Crippen LogP contribution in [-0.2, 0) is 9.59 Å². The molecule has 3 rings (SSSR count). The Morgan fingerprint density at radius 2 is 1.88 bits per heavy atom. The van der Waals surface area contributed by atoms with Gasteiger partial charge in [0, 0.05) is 18.1 Å². The van der Waals surface area contributed by atoms with E-state index in [1.807, 2.05) is 63.3 Å². The number of nitrogens with one attached hydrogen (secondary N) is 2. The van der Waals surface area contributed by atoms with Crippen LogP contribution in [0.5, 0.6) is 0 Å². The van der Waals surface area contributed by atoms with Crippen molar-refractivity contribution in [3.05, 3.63) is 46.6 Å². The number of amides is 2. The molecule has 2 N–H and O–H groups in total. The van der Waals surface area contributed by atoms with Gasteiger partial charge < -0.3 is 15.1 Å². The van der Waals surface area contributed by atoms with Crippen LogP contribution in [0.25, 0.3) is 0 Å². The fourth-order valence-electron chi connectivity index (χ4n) is 4.23. The molecule has 2 aliphatic rings. The highest BCUT2D eigenvalue weighted by atomic mass is 35.5. The summed E-state index contributed by atoms with van der Waals surface area (Å²) in [7, 11) is 4.03. The maximum atomic E-state index is 13.2. The standard InChI is InChI=1S/C24H36ClN5O2.C2H6/c1-4-5-6-8-20-16-29(17-23(31)26-13-7-14-28(2)3)24(32)22-15-21(27-30(20)22)18-9-11-19(25)12-10-18;1-2/h9-12,15,20-21,27H,4-8,13-14,16-17H2,1-3H3,(H,26,31);1-2H3. The quantitative estimate of drug-likeness (QED) is 0.458. The highest BCUT2D eigenvalue weighted by Crippen LogP contribution is 2.32. The summed E-state index contributed by atoms with van der Waals surface area (Å²) in [5.74, 6) is -0.192. The van der Waals surface area contributed by atoms with Gasteiger partial charge in [0.15, 0.2) is 0 Å². The van der Waals surface area contributed by atoms with Gasteiger partial charge in [-0.15, -0.1) is 0 Å². The van der Waals surface area contributed by atoms with Crippen molar-refractivity contribution in [2.24, 2.45) is 0 Å². The van der Waals surface area contributed by atoms with Crippen molar-refractivity contribution in [1.29, 1.82) is 0 Å². The molecule has 34 heavy (non-hydrogen) atoms. The number of hydrogen-bond donors (Lipinski definition) is 2. The van der Waals surface area contributed by atoms with Crippen molar-refractivity contribution < 1.29 is 9.59 Å². The third-order valence-electron chi connectivity index (χ3n) is 5.97. The first kappa shape index (κ1) is 28.1. The summed E-state index contributed by atoms with van der Waals surface area (Å²) in [6.07, 6.45) is 7.23. The number of nitrogens with zero attached hydrogens (tertiary/aromatic N) is 3. The van der Waals surface area contributed by atoms with E-state index in [0.29, 0.717) is 23.8 Å². The molecule has 8 heteroatoms. The second kappa shape index (κ2) is 14.3. The first-order chi connectivity index (χ1) is 16.4. The van der Waals surface area contributed by atoms with Gasteiger partial charge in [-0.25, -0.2) is 5.43 Å². The van der Waals surface area contributed by atoms with Crippen molar-refractivity contribution in [2.45, 2.75) is 65.0 Å². The van der Waals surface area contributed by atoms with Crippen LogP contribution in [0, 0.1) is 0 Å². The van der Waals surface area contributed by atoms with E-state index < -0.39 is 0 Å². The Balaban J connectivity index is 0.00000199. The summed E-state index contributed by atoms with van der Waals surface area (Å²) >= 11 is 6.04. The monoisotopic (exact) mass is 491 g/mol. The summed E-state index contributed by atoms with van der Waals surface area (Å²) in [6.45, 7) is 8.37. The molecule has 0 bridgehead atoms. The van der Waals surface area contributed by atoms with Gasteiger partial charge in [-0.2, -0.15) is 0 Å². The van der Waals surface area contributed by atoms with Crippen LogP contribution < -0.4 is 10.7 Å². The Hall–Kier alpha value is -2.09. The molecule has 2 atom stereocenters. The van der Waals surface area contributed by atoms with Crippen molar-refractivity contribution in [3.8, 4) is 0 Å². The van der Waals surface area contributed by atoms with Gasteiger partial charge in [-0.3, -0.25) is 14.6 Å². The van der Waals surface area contributed by atoms with Crippen molar-refractivity contribution >= 4 is 23.4 Å². The normalized spacial score (nSPS) is 19.5. The molecular weight excluding hydrogens is 450 g/mol. The van der Waals surface area contributed by atoms with E-state index in [9.17, 15) is 9.59 Å². The van der Waals surface area contributed by atoms with Crippen LogP contribution in [-0.4, -0.2) is 72.9 Å². The predicted molar refractivity (Wildman–Crippen MR) is 139 cm³/mol. The fourth-order valence-corrected chi connectivity index (χ4v) is 4.36. The number of rotatable bonds is 11. The van der Waals surface area contributed by atoms with Crippen LogP contribution >= 0.6 is 11.6 Å². The Bertz CT molecular complexity index is 812. The number of piperazine rings is 1. The molecule has 1 fully saturated rings. The maximum absolute atomic E-state index is 13.2. The van der Waals surface area contributed by atoms with Gasteiger partial charge in [0.05, 0.1) is 18.6 Å². The largest absolute Gasteiger partial charge is 0.355 e. The smallest absolute Gasteiger partial charge is 0.271 e. The first-order valence-corrected chi connectivity index (χ1v) is 13.0. The minimum atomic E-state index is -0.0985. The summed E-state index contributed by atoms with van der Waals surface area (Å²) in [4.78, 5) is 29.5. The van der Waals surface area contributed by atoms with Gasteiger partial charge in [0.2, 0.25) is 5.91 Å². The maximum Gasteiger partial charge on any atom is 0.271 e. The molecule has 0 aromatic heterocycles. The number of fused-ring (bicyclic) bond motifs is 1. The second-order valence-electron chi connectivity index (χ2n) is 8.92. The molecule has 1 saturated heterocycles. The topological polar surface area (TPSA) is 67.9 Å². The number of hydrazine groups is 1. The third kappa shape index (κ3) is 8.00. The Labute approximate surface area is 210 Å². The number of carbonyl (C=O) groups excluding carboxylic acids is 2. The zero-order valence-electron chi connectivity index (χ0n) is 21.4. The summed E-state index contributed by atoms with van der Waals surface area (Å²) in [5.41, 5.74) is 5.20. The van der Waals surface area contributed by atoms with E-state index >= 15 is 0 Å². The molecule has 2 unspecified atom stereocenters. The fraction of sp³-hybridized carbons (Fsp3) is 0.615. The summed E-state index contributed by atoms with van der Waals surface area (Å²) in [5, 5.41) is 5.67. The minimum absolute atomic E-state index is 0.0836. The van der Waals surface area contributed by atoms with E-state index in [1.54, 1.807) is 4.90 Å². The molecule has 2 heterocycles. The van der Waals surface area contributed by atoms with Crippen molar-refractivity contribution in [2.75, 3.05) is 40.3 Å². The average Bonchev–Trinajstić information content (AvgIpc) is 3.27. The lowest BCUT2D eigenvalue weighted by Gasteiger charge is -2.41. The van der Waals surface area contributed by atoms with E-state index in [1.165, 1.54) is 0 Å². The molecule has 0 spiro atoms. The summed E-state index contributed by atoms with van der Waals surface area (Å²) < 4.78 is 0. The Morgan fingerprint density at radius 3 is 2.53 bits per heavy atom. The highest BCUT2D eigenvalue weighted by Gasteiger charge is 2.41. The minimum Gasteiger partial charge on any atom is -0.355 e. The van der Waals surface area contributed by atoms with Crippen LogP contribution in [0.4, 0.5) is 0 Å². The Morgan fingerprint density at radius 1 is 1.18 bits per heavy atom. The molecule has 2 aliphatic heterocycles. The molecule has 1 aromatic carbocycles. The van der Waals surface area contributed by atoms with Crippen molar-refractivity contribution in [3.63, 3.8) is 0 Å². The van der Waals surface area contributed by atoms with E-state index in [0.717, 1.165) is 44.2 Å². The Kier molecular flexibility index (Phi) is 11.9. The zero-order valence-corrected chi connectivity index (χ0v) is 22.2. The molecule has 1 aromatic rings. The van der Waals surface area contributed by atoms with Gasteiger partial charge in [0.25, 0.3) is 5.91 Å². The first-order valence-electron chi connectivity index (χ1n) is 12.6. The molecule has 0 saturated carbocycles. The second-order valence-corrected chi connectivity index (χ2v) is 9.36. The lowest BCUT2D eigenvalue weighted by molar-refractivity contribution is -0.138. The molecule has 0 aliphatic carbocycles. The molecule has 0 radical (unpaired) electrons. The van der Waals surface area contributed by atoms with Gasteiger partial charge in [-0.05, 0) is 57.3 Å². The van der Waals surface area contributed by atoms with Crippen LogP contribution in [0.15, 0.2) is 36.0 Å². The van der Waals surface area contributed by atoms with Gasteiger partial charge >= 0.3 is 0 Å². The molecule has 7 nitrogen and oxygen atoms in total. The van der Waals surface area contributed by atoms with E-state index in [2.05, 4.69) is 22.6 Å².